The first-order valence-corrected chi connectivity index (χ1v) is 7.61. The van der Waals surface area contributed by atoms with Crippen molar-refractivity contribution in [2.24, 2.45) is 0 Å². The number of carbonyl (C=O) groups excluding carboxylic acids is 1. The van der Waals surface area contributed by atoms with E-state index in [0.29, 0.717) is 6.42 Å². The van der Waals surface area contributed by atoms with Gasteiger partial charge in [0.05, 0.1) is 6.42 Å². The van der Waals surface area contributed by atoms with Gasteiger partial charge in [0.2, 0.25) is 5.91 Å². The van der Waals surface area contributed by atoms with Crippen LogP contribution < -0.4 is 0 Å². The van der Waals surface area contributed by atoms with E-state index in [-0.39, 0.29) is 5.91 Å². The SMILES string of the molecule is O=C(Cc1cccc(Br)c1)N1CCc2ccccc2C1. The fourth-order valence-electron chi connectivity index (χ4n) is 2.64. The number of carbonyl (C=O) groups is 1. The lowest BCUT2D eigenvalue weighted by molar-refractivity contribution is -0.131. The van der Waals surface area contributed by atoms with E-state index in [2.05, 4.69) is 34.1 Å². The van der Waals surface area contributed by atoms with Crippen molar-refractivity contribution >= 4 is 21.8 Å². The molecule has 3 heteroatoms. The highest BCUT2D eigenvalue weighted by molar-refractivity contribution is 9.10. The van der Waals surface area contributed by atoms with E-state index in [1.807, 2.05) is 35.2 Å². The van der Waals surface area contributed by atoms with Gasteiger partial charge in [0, 0.05) is 17.6 Å². The third kappa shape index (κ3) is 2.93. The van der Waals surface area contributed by atoms with Crippen LogP contribution in [-0.2, 0) is 24.2 Å². The summed E-state index contributed by atoms with van der Waals surface area (Å²) >= 11 is 3.44. The summed E-state index contributed by atoms with van der Waals surface area (Å²) in [6.45, 7) is 1.56. The summed E-state index contributed by atoms with van der Waals surface area (Å²) in [4.78, 5) is 14.4. The van der Waals surface area contributed by atoms with E-state index in [4.69, 9.17) is 0 Å². The van der Waals surface area contributed by atoms with E-state index >= 15 is 0 Å². The molecular weight excluding hydrogens is 314 g/mol. The van der Waals surface area contributed by atoms with Gasteiger partial charge in [0.1, 0.15) is 0 Å². The molecule has 2 aromatic rings. The molecule has 0 radical (unpaired) electrons. The molecule has 0 spiro atoms. The maximum Gasteiger partial charge on any atom is 0.227 e. The molecule has 0 saturated heterocycles. The van der Waals surface area contributed by atoms with Crippen LogP contribution in [0.4, 0.5) is 0 Å². The second-order valence-electron chi connectivity index (χ2n) is 5.14. The number of rotatable bonds is 2. The van der Waals surface area contributed by atoms with Crippen molar-refractivity contribution in [2.45, 2.75) is 19.4 Å². The number of hydrogen-bond donors (Lipinski definition) is 0. The predicted molar refractivity (Wildman–Crippen MR) is 83.4 cm³/mol. The van der Waals surface area contributed by atoms with Gasteiger partial charge in [-0.25, -0.2) is 0 Å². The van der Waals surface area contributed by atoms with Gasteiger partial charge in [-0.05, 0) is 35.2 Å². The fourth-order valence-corrected chi connectivity index (χ4v) is 3.09. The lowest BCUT2D eigenvalue weighted by atomic mass is 9.99. The molecule has 3 rings (SSSR count). The molecule has 0 N–H and O–H groups in total. The van der Waals surface area contributed by atoms with Crippen LogP contribution in [0, 0.1) is 0 Å². The van der Waals surface area contributed by atoms with Crippen LogP contribution in [0.2, 0.25) is 0 Å². The van der Waals surface area contributed by atoms with Gasteiger partial charge < -0.3 is 4.90 Å². The smallest absolute Gasteiger partial charge is 0.227 e. The lowest BCUT2D eigenvalue weighted by Gasteiger charge is -2.29. The minimum Gasteiger partial charge on any atom is -0.338 e. The summed E-state index contributed by atoms with van der Waals surface area (Å²) in [6, 6.07) is 16.3. The highest BCUT2D eigenvalue weighted by atomic mass is 79.9. The van der Waals surface area contributed by atoms with E-state index < -0.39 is 0 Å². The van der Waals surface area contributed by atoms with Crippen LogP contribution in [0.3, 0.4) is 0 Å². The Hall–Kier alpha value is -1.61. The minimum absolute atomic E-state index is 0.206. The predicted octanol–water partition coefficient (Wildman–Crippen LogP) is 3.58. The first kappa shape index (κ1) is 13.4. The van der Waals surface area contributed by atoms with Crippen molar-refractivity contribution in [1.29, 1.82) is 0 Å². The average Bonchev–Trinajstić information content (AvgIpc) is 2.47. The Morgan fingerprint density at radius 1 is 1.10 bits per heavy atom. The van der Waals surface area contributed by atoms with Crippen molar-refractivity contribution in [3.05, 3.63) is 69.7 Å². The molecule has 1 heterocycles. The Kier molecular flexibility index (Phi) is 3.88. The summed E-state index contributed by atoms with van der Waals surface area (Å²) in [6.07, 6.45) is 1.43. The first-order chi connectivity index (χ1) is 9.72. The summed E-state index contributed by atoms with van der Waals surface area (Å²) in [5.74, 6) is 0.206. The number of fused-ring (bicyclic) bond motifs is 1. The third-order valence-electron chi connectivity index (χ3n) is 3.73. The van der Waals surface area contributed by atoms with Crippen LogP contribution >= 0.6 is 15.9 Å². The van der Waals surface area contributed by atoms with Crippen LogP contribution in [0.25, 0.3) is 0 Å². The molecule has 1 aliphatic heterocycles. The molecule has 0 unspecified atom stereocenters. The summed E-state index contributed by atoms with van der Waals surface area (Å²) < 4.78 is 1.02. The Morgan fingerprint density at radius 3 is 2.70 bits per heavy atom. The van der Waals surface area contributed by atoms with Gasteiger partial charge in [-0.2, -0.15) is 0 Å². The van der Waals surface area contributed by atoms with Crippen LogP contribution in [0.15, 0.2) is 53.0 Å². The van der Waals surface area contributed by atoms with Gasteiger partial charge in [0.25, 0.3) is 0 Å². The van der Waals surface area contributed by atoms with E-state index in [0.717, 1.165) is 29.5 Å². The molecule has 1 aliphatic rings. The Labute approximate surface area is 127 Å². The highest BCUT2D eigenvalue weighted by Gasteiger charge is 2.20. The number of hydrogen-bond acceptors (Lipinski definition) is 1. The number of amides is 1. The zero-order valence-electron chi connectivity index (χ0n) is 11.2. The second-order valence-corrected chi connectivity index (χ2v) is 6.06. The molecular formula is C17H16BrNO. The molecule has 0 aliphatic carbocycles. The molecule has 20 heavy (non-hydrogen) atoms. The van der Waals surface area contributed by atoms with Gasteiger partial charge in [0.15, 0.2) is 0 Å². The minimum atomic E-state index is 0.206. The molecule has 0 atom stereocenters. The average molecular weight is 330 g/mol. The second kappa shape index (κ2) is 5.80. The normalized spacial score (nSPS) is 13.9. The standard InChI is InChI=1S/C17H16BrNO/c18-16-7-3-4-13(10-16)11-17(20)19-9-8-14-5-1-2-6-15(14)12-19/h1-7,10H,8-9,11-12H2. The summed E-state index contributed by atoms with van der Waals surface area (Å²) in [5, 5.41) is 0. The van der Waals surface area contributed by atoms with Crippen molar-refractivity contribution in [3.63, 3.8) is 0 Å². The summed E-state index contributed by atoms with van der Waals surface area (Å²) in [7, 11) is 0. The number of benzene rings is 2. The van der Waals surface area contributed by atoms with E-state index in [9.17, 15) is 4.79 Å². The van der Waals surface area contributed by atoms with Crippen LogP contribution in [0.5, 0.6) is 0 Å². The Balaban J connectivity index is 1.70. The molecule has 0 fully saturated rings. The molecule has 1 amide bonds. The zero-order valence-corrected chi connectivity index (χ0v) is 12.8. The van der Waals surface area contributed by atoms with Gasteiger partial charge in [-0.1, -0.05) is 52.3 Å². The molecule has 102 valence electrons. The fraction of sp³-hybridized carbons (Fsp3) is 0.235. The van der Waals surface area contributed by atoms with Crippen LogP contribution in [0.1, 0.15) is 16.7 Å². The lowest BCUT2D eigenvalue weighted by Crippen LogP contribution is -2.36. The van der Waals surface area contributed by atoms with Crippen LogP contribution in [-0.4, -0.2) is 17.4 Å². The maximum atomic E-state index is 12.4. The Bertz CT molecular complexity index is 638. The van der Waals surface area contributed by atoms with E-state index in [1.165, 1.54) is 11.1 Å². The molecule has 0 saturated carbocycles. The van der Waals surface area contributed by atoms with Crippen molar-refractivity contribution in [3.8, 4) is 0 Å². The maximum absolute atomic E-state index is 12.4. The largest absolute Gasteiger partial charge is 0.338 e. The molecule has 0 bridgehead atoms. The van der Waals surface area contributed by atoms with E-state index in [1.54, 1.807) is 0 Å². The van der Waals surface area contributed by atoms with Crippen molar-refractivity contribution in [1.82, 2.24) is 4.90 Å². The molecule has 0 aromatic heterocycles. The topological polar surface area (TPSA) is 20.3 Å². The number of nitrogens with zero attached hydrogens (tertiary/aromatic N) is 1. The number of halogens is 1. The van der Waals surface area contributed by atoms with Gasteiger partial charge in [-0.3, -0.25) is 4.79 Å². The molecule has 2 nitrogen and oxygen atoms in total. The highest BCUT2D eigenvalue weighted by Crippen LogP contribution is 2.20. The van der Waals surface area contributed by atoms with Gasteiger partial charge >= 0.3 is 0 Å². The first-order valence-electron chi connectivity index (χ1n) is 6.81. The summed E-state index contributed by atoms with van der Waals surface area (Å²) in [5.41, 5.74) is 3.71. The quantitative estimate of drug-likeness (QED) is 0.824. The third-order valence-corrected chi connectivity index (χ3v) is 4.22. The monoisotopic (exact) mass is 329 g/mol. The van der Waals surface area contributed by atoms with Gasteiger partial charge in [-0.15, -0.1) is 0 Å². The van der Waals surface area contributed by atoms with Crippen molar-refractivity contribution in [2.75, 3.05) is 6.54 Å². The Morgan fingerprint density at radius 2 is 1.90 bits per heavy atom. The van der Waals surface area contributed by atoms with Crippen molar-refractivity contribution < 1.29 is 4.79 Å². The molecule has 2 aromatic carbocycles. The zero-order chi connectivity index (χ0) is 13.9.